The normalized spacial score (nSPS) is 55.1. The van der Waals surface area contributed by atoms with Gasteiger partial charge < -0.3 is 81.3 Å². The number of fused-ring (bicyclic) bond motifs is 1. The summed E-state index contributed by atoms with van der Waals surface area (Å²) in [6.45, 7) is -0.642. The van der Waals surface area contributed by atoms with E-state index in [1.54, 1.807) is 0 Å². The molecule has 4 aliphatic rings. The van der Waals surface area contributed by atoms with Crippen LogP contribution in [0.25, 0.3) is 0 Å². The zero-order valence-electron chi connectivity index (χ0n) is 20.2. The third kappa shape index (κ3) is 5.66. The van der Waals surface area contributed by atoms with E-state index in [-0.39, 0.29) is 12.8 Å². The fourth-order valence-electron chi connectivity index (χ4n) is 5.33. The van der Waals surface area contributed by atoms with Crippen LogP contribution in [-0.2, 0) is 23.7 Å². The van der Waals surface area contributed by atoms with E-state index in [1.165, 1.54) is 7.05 Å². The lowest BCUT2D eigenvalue weighted by atomic mass is 9.85. The van der Waals surface area contributed by atoms with E-state index in [2.05, 4.69) is 5.32 Å². The van der Waals surface area contributed by atoms with Crippen molar-refractivity contribution in [1.29, 1.82) is 0 Å². The van der Waals surface area contributed by atoms with Crippen LogP contribution in [0.3, 0.4) is 0 Å². The van der Waals surface area contributed by atoms with Crippen LogP contribution in [0.5, 0.6) is 0 Å². The third-order valence-corrected chi connectivity index (χ3v) is 7.58. The summed E-state index contributed by atoms with van der Waals surface area (Å²) in [4.78, 5) is 0. The predicted molar refractivity (Wildman–Crippen MR) is 119 cm³/mol. The largest absolute Gasteiger partial charge is 0.394 e. The van der Waals surface area contributed by atoms with Crippen LogP contribution in [0.2, 0.25) is 0 Å². The van der Waals surface area contributed by atoms with Gasteiger partial charge in [0.15, 0.2) is 18.9 Å². The molecule has 0 radical (unpaired) electrons. The van der Waals surface area contributed by atoms with Gasteiger partial charge in [0, 0.05) is 6.04 Å². The van der Waals surface area contributed by atoms with Gasteiger partial charge in [0.25, 0.3) is 0 Å². The van der Waals surface area contributed by atoms with E-state index in [4.69, 9.17) is 35.2 Å². The quantitative estimate of drug-likeness (QED) is 0.149. The maximum absolute atomic E-state index is 11.1. The number of ether oxygens (including phenoxy) is 5. The molecular weight excluding hydrogens is 502 g/mol. The molecule has 1 aliphatic carbocycles. The van der Waals surface area contributed by atoms with Crippen LogP contribution >= 0.6 is 0 Å². The minimum Gasteiger partial charge on any atom is -0.394 e. The lowest BCUT2D eigenvalue weighted by molar-refractivity contribution is -0.379. The average Bonchev–Trinajstić information content (AvgIpc) is 2.86. The Morgan fingerprint density at radius 2 is 1.43 bits per heavy atom. The van der Waals surface area contributed by atoms with Gasteiger partial charge in [-0.25, -0.2) is 0 Å². The van der Waals surface area contributed by atoms with Gasteiger partial charge in [-0.3, -0.25) is 0 Å². The van der Waals surface area contributed by atoms with Gasteiger partial charge in [-0.05, 0) is 19.9 Å². The number of aliphatic hydroxyl groups is 8. The second kappa shape index (κ2) is 11.8. The molecule has 0 bridgehead atoms. The van der Waals surface area contributed by atoms with Crippen LogP contribution in [0, 0.1) is 0 Å². The van der Waals surface area contributed by atoms with E-state index in [9.17, 15) is 40.9 Å². The Labute approximate surface area is 212 Å². The Bertz CT molecular complexity index is 752. The van der Waals surface area contributed by atoms with Crippen LogP contribution in [0.4, 0.5) is 0 Å². The second-order valence-electron chi connectivity index (χ2n) is 10.1. The molecule has 3 heterocycles. The summed E-state index contributed by atoms with van der Waals surface area (Å²) < 4.78 is 28.7. The van der Waals surface area contributed by atoms with Crippen molar-refractivity contribution in [2.75, 3.05) is 13.7 Å². The number of nitrogens with two attached hydrogens (primary N) is 2. The first kappa shape index (κ1) is 29.3. The van der Waals surface area contributed by atoms with Crippen molar-refractivity contribution >= 4 is 0 Å². The molecule has 0 aromatic carbocycles. The lowest BCUT2D eigenvalue weighted by Gasteiger charge is -2.51. The van der Waals surface area contributed by atoms with E-state index < -0.39 is 111 Å². The van der Waals surface area contributed by atoms with Gasteiger partial charge in [-0.15, -0.1) is 0 Å². The summed E-state index contributed by atoms with van der Waals surface area (Å²) in [7, 11) is 1.52. The maximum Gasteiger partial charge on any atom is 0.189 e. The second-order valence-corrected chi connectivity index (χ2v) is 10.1. The molecule has 13 N–H and O–H groups in total. The minimum absolute atomic E-state index is 0.0125. The van der Waals surface area contributed by atoms with Crippen LogP contribution < -0.4 is 16.8 Å². The van der Waals surface area contributed by atoms with Gasteiger partial charge in [0.2, 0.25) is 0 Å². The number of hydrogen-bond donors (Lipinski definition) is 11. The van der Waals surface area contributed by atoms with E-state index in [1.807, 2.05) is 0 Å². The van der Waals surface area contributed by atoms with Crippen LogP contribution in [0.15, 0.2) is 0 Å². The van der Waals surface area contributed by atoms with Crippen molar-refractivity contribution < 1.29 is 64.5 Å². The van der Waals surface area contributed by atoms with Gasteiger partial charge in [0.05, 0.1) is 37.0 Å². The van der Waals surface area contributed by atoms with Crippen LogP contribution in [-0.4, -0.2) is 159 Å². The van der Waals surface area contributed by atoms with Gasteiger partial charge in [-0.1, -0.05) is 0 Å². The number of nitrogens with one attached hydrogen (secondary N) is 1. The van der Waals surface area contributed by atoms with Crippen LogP contribution in [0.1, 0.15) is 12.8 Å². The fraction of sp³-hybridized carbons (Fsp3) is 1.00. The molecule has 37 heavy (non-hydrogen) atoms. The lowest BCUT2D eigenvalue weighted by Crippen LogP contribution is -2.69. The van der Waals surface area contributed by atoms with Crippen molar-refractivity contribution in [3.05, 3.63) is 0 Å². The Morgan fingerprint density at radius 3 is 2.08 bits per heavy atom. The number of likely N-dealkylation sites (N-methyl/N-ethyl adjacent to an activating group) is 1. The number of rotatable bonds is 6. The molecule has 4 fully saturated rings. The highest BCUT2D eigenvalue weighted by Crippen LogP contribution is 2.35. The first-order valence-electron chi connectivity index (χ1n) is 12.3. The molecule has 216 valence electrons. The summed E-state index contributed by atoms with van der Waals surface area (Å²) >= 11 is 0. The highest BCUT2D eigenvalue weighted by molar-refractivity contribution is 5.01. The Kier molecular flexibility index (Phi) is 9.40. The van der Waals surface area contributed by atoms with E-state index >= 15 is 0 Å². The van der Waals surface area contributed by atoms with Gasteiger partial charge in [0.1, 0.15) is 48.8 Å². The maximum atomic E-state index is 11.1. The molecule has 0 aromatic heterocycles. The first-order chi connectivity index (χ1) is 17.5. The van der Waals surface area contributed by atoms with Crippen molar-refractivity contribution in [2.45, 2.75) is 117 Å². The summed E-state index contributed by atoms with van der Waals surface area (Å²) in [5.41, 5.74) is 11.9. The summed E-state index contributed by atoms with van der Waals surface area (Å²) in [6.07, 6.45) is -18.2. The highest BCUT2D eigenvalue weighted by Gasteiger charge is 2.54. The number of aliphatic hydroxyl groups excluding tert-OH is 8. The van der Waals surface area contributed by atoms with Crippen molar-refractivity contribution in [2.24, 2.45) is 11.5 Å². The molecule has 0 amide bonds. The van der Waals surface area contributed by atoms with E-state index in [0.29, 0.717) is 0 Å². The molecule has 3 saturated heterocycles. The Hall–Kier alpha value is -0.640. The third-order valence-electron chi connectivity index (χ3n) is 7.58. The highest BCUT2D eigenvalue weighted by atomic mass is 16.8. The average molecular weight is 542 g/mol. The summed E-state index contributed by atoms with van der Waals surface area (Å²) in [6, 6.07) is -2.60. The van der Waals surface area contributed by atoms with Crippen molar-refractivity contribution in [3.63, 3.8) is 0 Å². The number of hydrogen-bond acceptors (Lipinski definition) is 16. The monoisotopic (exact) mass is 541 g/mol. The molecule has 17 atom stereocenters. The molecule has 0 spiro atoms. The fourth-order valence-corrected chi connectivity index (χ4v) is 5.33. The molecule has 3 aliphatic heterocycles. The summed E-state index contributed by atoms with van der Waals surface area (Å²) in [5, 5.41) is 84.4. The SMILES string of the molecule is CN[C@@H]1[C@@H](O[C@H]2O[C@H](CO)[C@@H](O)[C@H](O)[C@H]2O)O[C@H]2C[C@@H](N)[C@@H](O[C@H]3[C@H](O)[C@@H](O)[C@H](N)C[C@@H]3O)O[C@@H]2[C@@H]1O. The van der Waals surface area contributed by atoms with Gasteiger partial charge >= 0.3 is 0 Å². The van der Waals surface area contributed by atoms with Crippen molar-refractivity contribution in [1.82, 2.24) is 5.32 Å². The molecule has 1 saturated carbocycles. The smallest absolute Gasteiger partial charge is 0.189 e. The van der Waals surface area contributed by atoms with E-state index in [0.717, 1.165) is 0 Å². The Balaban J connectivity index is 1.43. The minimum atomic E-state index is -1.67. The zero-order chi connectivity index (χ0) is 27.2. The molecular formula is C21H39N3O13. The molecule has 4 rings (SSSR count). The predicted octanol–water partition coefficient (Wildman–Crippen LogP) is -6.88. The molecule has 0 unspecified atom stereocenters. The van der Waals surface area contributed by atoms with Crippen molar-refractivity contribution in [3.8, 4) is 0 Å². The standard InChI is InChI=1S/C21H39N3O13/c1-24-10-13(29)18-8(33-20(10)37-21-16(32)14(30)12(28)9(4-25)34-21)3-6(23)19(36-18)35-17-7(26)2-5(22)11(27)15(17)31/h5-21,24-32H,2-4,22-23H2,1H3/t5-,6-,7+,8+,9-,10+,11+,12-,13-,14+,15-,16-,17-,18+,19+,20-,21-/m1/s1. The van der Waals surface area contributed by atoms with Gasteiger partial charge in [-0.2, -0.15) is 0 Å². The molecule has 0 aromatic rings. The first-order valence-corrected chi connectivity index (χ1v) is 12.3. The molecule has 16 heteroatoms. The molecule has 16 nitrogen and oxygen atoms in total. The summed E-state index contributed by atoms with van der Waals surface area (Å²) in [5.74, 6) is 0. The Morgan fingerprint density at radius 1 is 0.730 bits per heavy atom. The zero-order valence-corrected chi connectivity index (χ0v) is 20.2. The topological polar surface area (TPSA) is 272 Å².